The van der Waals surface area contributed by atoms with Gasteiger partial charge in [-0.05, 0) is 25.3 Å². The van der Waals surface area contributed by atoms with Crippen LogP contribution in [-0.4, -0.2) is 22.2 Å². The average molecular weight is 218 g/mol. The Morgan fingerprint density at radius 3 is 3.00 bits per heavy atom. The van der Waals surface area contributed by atoms with E-state index in [0.717, 1.165) is 13.0 Å². The SMILES string of the molecule is N#CC1(C(=O)NCCCn2cccn2)CC1. The molecule has 1 heterocycles. The molecule has 16 heavy (non-hydrogen) atoms. The van der Waals surface area contributed by atoms with Crippen LogP contribution in [0.1, 0.15) is 19.3 Å². The van der Waals surface area contributed by atoms with Gasteiger partial charge in [-0.3, -0.25) is 9.48 Å². The summed E-state index contributed by atoms with van der Waals surface area (Å²) < 4.78 is 1.82. The topological polar surface area (TPSA) is 70.7 Å². The van der Waals surface area contributed by atoms with Gasteiger partial charge in [-0.1, -0.05) is 0 Å². The van der Waals surface area contributed by atoms with Crippen LogP contribution >= 0.6 is 0 Å². The predicted octanol–water partition coefficient (Wildman–Crippen LogP) is 0.693. The van der Waals surface area contributed by atoms with E-state index in [1.807, 2.05) is 16.9 Å². The average Bonchev–Trinajstić information content (AvgIpc) is 2.94. The van der Waals surface area contributed by atoms with Gasteiger partial charge >= 0.3 is 0 Å². The molecule has 0 saturated heterocycles. The van der Waals surface area contributed by atoms with Crippen molar-refractivity contribution in [3.63, 3.8) is 0 Å². The van der Waals surface area contributed by atoms with Crippen molar-refractivity contribution in [2.24, 2.45) is 5.41 Å². The molecule has 1 N–H and O–H groups in total. The first-order chi connectivity index (χ1) is 7.77. The Balaban J connectivity index is 1.66. The van der Waals surface area contributed by atoms with Crippen LogP contribution in [0, 0.1) is 16.7 Å². The fourth-order valence-corrected chi connectivity index (χ4v) is 1.56. The Labute approximate surface area is 94.1 Å². The summed E-state index contributed by atoms with van der Waals surface area (Å²) in [6.45, 7) is 1.38. The van der Waals surface area contributed by atoms with Crippen LogP contribution < -0.4 is 5.32 Å². The maximum Gasteiger partial charge on any atom is 0.240 e. The Morgan fingerprint density at radius 1 is 1.62 bits per heavy atom. The molecule has 1 aliphatic carbocycles. The second-order valence-electron chi connectivity index (χ2n) is 4.07. The zero-order valence-electron chi connectivity index (χ0n) is 9.02. The molecule has 0 radical (unpaired) electrons. The van der Waals surface area contributed by atoms with Gasteiger partial charge < -0.3 is 5.32 Å². The molecule has 1 saturated carbocycles. The smallest absolute Gasteiger partial charge is 0.240 e. The third kappa shape index (κ3) is 2.22. The molecule has 5 nitrogen and oxygen atoms in total. The second-order valence-corrected chi connectivity index (χ2v) is 4.07. The number of nitriles is 1. The predicted molar refractivity (Wildman–Crippen MR) is 57.1 cm³/mol. The third-order valence-corrected chi connectivity index (χ3v) is 2.81. The number of aryl methyl sites for hydroxylation is 1. The number of nitrogens with zero attached hydrogens (tertiary/aromatic N) is 3. The molecule has 1 aromatic rings. The van der Waals surface area contributed by atoms with Gasteiger partial charge in [-0.15, -0.1) is 0 Å². The van der Waals surface area contributed by atoms with Crippen LogP contribution in [0.25, 0.3) is 0 Å². The first-order valence-electron chi connectivity index (χ1n) is 5.44. The molecule has 2 rings (SSSR count). The maximum absolute atomic E-state index is 11.6. The molecular weight excluding hydrogens is 204 g/mol. The number of rotatable bonds is 5. The number of hydrogen-bond acceptors (Lipinski definition) is 3. The number of aromatic nitrogens is 2. The van der Waals surface area contributed by atoms with Crippen molar-refractivity contribution in [1.82, 2.24) is 15.1 Å². The summed E-state index contributed by atoms with van der Waals surface area (Å²) in [7, 11) is 0. The zero-order valence-corrected chi connectivity index (χ0v) is 9.02. The summed E-state index contributed by atoms with van der Waals surface area (Å²) in [5.41, 5.74) is -0.703. The lowest BCUT2D eigenvalue weighted by Crippen LogP contribution is -2.32. The Hall–Kier alpha value is -1.83. The van der Waals surface area contributed by atoms with Crippen molar-refractivity contribution in [3.8, 4) is 6.07 Å². The van der Waals surface area contributed by atoms with Crippen molar-refractivity contribution in [2.75, 3.05) is 6.54 Å². The molecule has 0 unspecified atom stereocenters. The van der Waals surface area contributed by atoms with Crippen LogP contribution in [-0.2, 0) is 11.3 Å². The molecule has 5 heteroatoms. The minimum Gasteiger partial charge on any atom is -0.355 e. The normalized spacial score (nSPS) is 16.4. The standard InChI is InChI=1S/C11H14N4O/c12-9-11(3-4-11)10(16)13-5-1-7-15-8-2-6-14-15/h2,6,8H,1,3-5,7H2,(H,13,16). The lowest BCUT2D eigenvalue weighted by molar-refractivity contribution is -0.124. The first-order valence-corrected chi connectivity index (χ1v) is 5.44. The van der Waals surface area contributed by atoms with E-state index in [2.05, 4.69) is 16.5 Å². The second kappa shape index (κ2) is 4.35. The summed E-state index contributed by atoms with van der Waals surface area (Å²) in [6.07, 6.45) is 5.85. The number of hydrogen-bond donors (Lipinski definition) is 1. The van der Waals surface area contributed by atoms with Crippen LogP contribution in [0.4, 0.5) is 0 Å². The van der Waals surface area contributed by atoms with Crippen molar-refractivity contribution in [3.05, 3.63) is 18.5 Å². The highest BCUT2D eigenvalue weighted by atomic mass is 16.2. The number of carbonyl (C=O) groups excluding carboxylic acids is 1. The van der Waals surface area contributed by atoms with Gasteiger partial charge in [-0.25, -0.2) is 0 Å². The summed E-state index contributed by atoms with van der Waals surface area (Å²) >= 11 is 0. The summed E-state index contributed by atoms with van der Waals surface area (Å²) in [4.78, 5) is 11.6. The summed E-state index contributed by atoms with van der Waals surface area (Å²) in [6, 6.07) is 3.95. The molecule has 1 aliphatic rings. The van der Waals surface area contributed by atoms with E-state index in [0.29, 0.717) is 19.4 Å². The van der Waals surface area contributed by atoms with E-state index >= 15 is 0 Å². The van der Waals surface area contributed by atoms with Gasteiger partial charge in [0.2, 0.25) is 5.91 Å². The van der Waals surface area contributed by atoms with Crippen molar-refractivity contribution >= 4 is 5.91 Å². The quantitative estimate of drug-likeness (QED) is 0.739. The number of carbonyl (C=O) groups is 1. The van der Waals surface area contributed by atoms with Crippen LogP contribution in [0.15, 0.2) is 18.5 Å². The first kappa shape index (κ1) is 10.7. The molecule has 1 amide bonds. The number of amides is 1. The Kier molecular flexibility index (Phi) is 2.91. The van der Waals surface area contributed by atoms with Gasteiger partial charge in [0.05, 0.1) is 6.07 Å². The monoisotopic (exact) mass is 218 g/mol. The molecule has 0 aromatic carbocycles. The van der Waals surface area contributed by atoms with Gasteiger partial charge in [0.15, 0.2) is 0 Å². The highest BCUT2D eigenvalue weighted by Crippen LogP contribution is 2.44. The summed E-state index contributed by atoms with van der Waals surface area (Å²) in [5, 5.41) is 15.7. The molecular formula is C11H14N4O. The van der Waals surface area contributed by atoms with E-state index in [4.69, 9.17) is 5.26 Å². The Bertz CT molecular complexity index is 400. The van der Waals surface area contributed by atoms with E-state index in [1.54, 1.807) is 6.20 Å². The van der Waals surface area contributed by atoms with E-state index in [9.17, 15) is 4.79 Å². The fraction of sp³-hybridized carbons (Fsp3) is 0.545. The molecule has 0 bridgehead atoms. The third-order valence-electron chi connectivity index (χ3n) is 2.81. The van der Waals surface area contributed by atoms with E-state index in [-0.39, 0.29) is 5.91 Å². The van der Waals surface area contributed by atoms with E-state index in [1.165, 1.54) is 0 Å². The van der Waals surface area contributed by atoms with E-state index < -0.39 is 5.41 Å². The lowest BCUT2D eigenvalue weighted by atomic mass is 10.1. The molecule has 0 aliphatic heterocycles. The fourth-order valence-electron chi connectivity index (χ4n) is 1.56. The van der Waals surface area contributed by atoms with Gasteiger partial charge in [-0.2, -0.15) is 10.4 Å². The highest BCUT2D eigenvalue weighted by molar-refractivity contribution is 5.88. The van der Waals surface area contributed by atoms with Crippen molar-refractivity contribution < 1.29 is 4.79 Å². The van der Waals surface area contributed by atoms with Gasteiger partial charge in [0.1, 0.15) is 5.41 Å². The van der Waals surface area contributed by atoms with Crippen LogP contribution in [0.5, 0.6) is 0 Å². The number of nitrogens with one attached hydrogen (secondary N) is 1. The van der Waals surface area contributed by atoms with Crippen LogP contribution in [0.3, 0.4) is 0 Å². The van der Waals surface area contributed by atoms with Gasteiger partial charge in [0, 0.05) is 25.5 Å². The molecule has 0 spiro atoms. The van der Waals surface area contributed by atoms with Crippen LogP contribution in [0.2, 0.25) is 0 Å². The van der Waals surface area contributed by atoms with Crippen molar-refractivity contribution in [1.29, 1.82) is 5.26 Å². The molecule has 0 atom stereocenters. The minimum absolute atomic E-state index is 0.115. The minimum atomic E-state index is -0.703. The molecule has 1 aromatic heterocycles. The lowest BCUT2D eigenvalue weighted by Gasteiger charge is -2.07. The van der Waals surface area contributed by atoms with Crippen molar-refractivity contribution in [2.45, 2.75) is 25.8 Å². The highest BCUT2D eigenvalue weighted by Gasteiger charge is 2.50. The summed E-state index contributed by atoms with van der Waals surface area (Å²) in [5.74, 6) is -0.115. The van der Waals surface area contributed by atoms with Gasteiger partial charge in [0.25, 0.3) is 0 Å². The zero-order chi connectivity index (χ0) is 11.4. The molecule has 84 valence electrons. The molecule has 1 fully saturated rings. The Morgan fingerprint density at radius 2 is 2.44 bits per heavy atom. The largest absolute Gasteiger partial charge is 0.355 e. The maximum atomic E-state index is 11.6.